The van der Waals surface area contributed by atoms with Crippen LogP contribution >= 0.6 is 35.2 Å². The van der Waals surface area contributed by atoms with Gasteiger partial charge >= 0.3 is 23.5 Å². The summed E-state index contributed by atoms with van der Waals surface area (Å²) in [6.07, 6.45) is -6.52. The number of nitrogen functional groups attached to an aromatic ring is 1. The molecule has 0 aliphatic carbocycles. The Morgan fingerprint density at radius 1 is 1.08 bits per heavy atom. The highest BCUT2D eigenvalue weighted by atomic mass is 32.2. The summed E-state index contributed by atoms with van der Waals surface area (Å²) >= 11 is 1.07. The van der Waals surface area contributed by atoms with E-state index in [1.54, 1.807) is 6.92 Å². The number of carbonyl (C=O) groups is 3. The predicted octanol–water partition coefficient (Wildman–Crippen LogP) is -0.925. The number of nitrogens with zero attached hydrogens (tertiary/aromatic N) is 4. The van der Waals surface area contributed by atoms with Gasteiger partial charge in [-0.1, -0.05) is 32.5 Å². The van der Waals surface area contributed by atoms with Crippen LogP contribution in [0.15, 0.2) is 12.7 Å². The van der Waals surface area contributed by atoms with E-state index in [1.165, 1.54) is 13.8 Å². The minimum Gasteiger partial charge on any atom is -0.386 e. The maximum absolute atomic E-state index is 12.6. The van der Waals surface area contributed by atoms with Crippen LogP contribution in [-0.2, 0) is 50.7 Å². The molecule has 3 unspecified atom stereocenters. The highest BCUT2D eigenvalue weighted by Crippen LogP contribution is 2.61. The second-order valence-electron chi connectivity index (χ2n) is 11.6. The van der Waals surface area contributed by atoms with Gasteiger partial charge in [-0.2, -0.15) is 4.31 Å². The summed E-state index contributed by atoms with van der Waals surface area (Å²) < 4.78 is 61.9. The number of imidazole rings is 1. The van der Waals surface area contributed by atoms with Gasteiger partial charge in [0.2, 0.25) is 11.8 Å². The number of hydrogen-bond acceptors (Lipinski definition) is 18. The fraction of sp³-hybridized carbons (Fsp3) is 0.667. The number of phosphoric acid groups is 3. The number of amides is 2. The Morgan fingerprint density at radius 2 is 1.75 bits per heavy atom. The molecule has 0 bridgehead atoms. The molecule has 0 saturated carbocycles. The van der Waals surface area contributed by atoms with Gasteiger partial charge in [0, 0.05) is 37.1 Å². The van der Waals surface area contributed by atoms with Gasteiger partial charge in [-0.3, -0.25) is 32.5 Å². The zero-order valence-electron chi connectivity index (χ0n) is 27.8. The number of phosphoric ester groups is 3. The van der Waals surface area contributed by atoms with E-state index in [1.807, 2.05) is 0 Å². The Kier molecular flexibility index (Phi) is 15.4. The molecule has 1 aliphatic heterocycles. The van der Waals surface area contributed by atoms with Gasteiger partial charge in [0.25, 0.3) is 0 Å². The number of ether oxygens (including phenoxy) is 1. The highest BCUT2D eigenvalue weighted by molar-refractivity contribution is 8.13. The molecule has 7 atom stereocenters. The number of thioether (sulfide) groups is 1. The van der Waals surface area contributed by atoms with E-state index in [-0.39, 0.29) is 41.6 Å². The molecule has 294 valence electrons. The molecule has 2 aromatic rings. The number of carbonyl (C=O) groups excluding carboxylic acids is 3. The first-order chi connectivity index (χ1) is 24.1. The van der Waals surface area contributed by atoms with Crippen molar-refractivity contribution in [1.82, 2.24) is 30.2 Å². The summed E-state index contributed by atoms with van der Waals surface area (Å²) in [6, 6.07) is 0. The van der Waals surface area contributed by atoms with Crippen molar-refractivity contribution in [2.45, 2.75) is 64.3 Å². The first-order valence-corrected chi connectivity index (χ1v) is 20.6. The normalized spacial score (nSPS) is 22.4. The predicted molar refractivity (Wildman–Crippen MR) is 177 cm³/mol. The molecule has 1 fully saturated rings. The summed E-state index contributed by atoms with van der Waals surface area (Å²) in [6.45, 7) is 2.24. The van der Waals surface area contributed by atoms with Gasteiger partial charge in [0.15, 0.2) is 22.8 Å². The number of aliphatic hydroxyl groups excluding tert-OH is 2. The number of aliphatic hydroxyl groups is 2. The van der Waals surface area contributed by atoms with Crippen LogP contribution in [0.4, 0.5) is 5.82 Å². The van der Waals surface area contributed by atoms with E-state index in [2.05, 4.69) is 34.4 Å². The van der Waals surface area contributed by atoms with Gasteiger partial charge in [-0.25, -0.2) is 28.6 Å². The van der Waals surface area contributed by atoms with E-state index in [0.29, 0.717) is 12.2 Å². The zero-order valence-corrected chi connectivity index (χ0v) is 31.3. The molecular weight excluding hydrogens is 783 g/mol. The van der Waals surface area contributed by atoms with Crippen molar-refractivity contribution in [3.05, 3.63) is 12.7 Å². The molecule has 0 radical (unpaired) electrons. The fourth-order valence-corrected chi connectivity index (χ4v) is 7.86. The molecule has 2 aromatic heterocycles. The number of nitrogens with one attached hydrogen (secondary N) is 2. The maximum atomic E-state index is 12.6. The first-order valence-electron chi connectivity index (χ1n) is 15.1. The lowest BCUT2D eigenvalue weighted by molar-refractivity contribution is -0.137. The standard InChI is InChI=1S/C24H40N7O17P3S/c1-4-15(33)52-8-7-26-14(32)5-6-27-22(36)19(35)24(2,3)10-45-51(42,43)48-50(40,41)44-9-13-18(47-49(37,38)39)17(34)23(46-13)31-12-30-16-20(25)28-11-29-21(16)31/h11-13,17-19,23,34-35H,4-10H2,1-3H3,(H,26,32)(H,27,36)(H,40,41)(H,42,43)(H2,25,28,29)(H2,37,38,39)/t13-,17+,18?,19+,23-/m1/s1. The minimum absolute atomic E-state index is 0.0221. The van der Waals surface area contributed by atoms with Crippen molar-refractivity contribution in [1.29, 1.82) is 0 Å². The van der Waals surface area contributed by atoms with Crippen molar-refractivity contribution in [3.63, 3.8) is 0 Å². The quantitative estimate of drug-likeness (QED) is 0.0575. The Balaban J connectivity index is 1.54. The van der Waals surface area contributed by atoms with Gasteiger partial charge in [-0.15, -0.1) is 0 Å². The number of fused-ring (bicyclic) bond motifs is 1. The van der Waals surface area contributed by atoms with Crippen LogP contribution in [0.1, 0.15) is 39.8 Å². The van der Waals surface area contributed by atoms with Crippen molar-refractivity contribution in [3.8, 4) is 0 Å². The van der Waals surface area contributed by atoms with E-state index in [0.717, 1.165) is 29.0 Å². The summed E-state index contributed by atoms with van der Waals surface area (Å²) in [5.74, 6) is -1.07. The van der Waals surface area contributed by atoms with Crippen LogP contribution in [-0.4, -0.2) is 123 Å². The minimum atomic E-state index is -5.56. The van der Waals surface area contributed by atoms with Crippen LogP contribution < -0.4 is 16.4 Å². The zero-order chi connectivity index (χ0) is 39.1. The molecule has 1 aliphatic rings. The molecule has 0 spiro atoms. The summed E-state index contributed by atoms with van der Waals surface area (Å²) in [7, 11) is -16.4. The number of nitrogens with two attached hydrogens (primary N) is 1. The molecule has 3 heterocycles. The number of anilines is 1. The molecule has 10 N–H and O–H groups in total. The molecule has 0 aromatic carbocycles. The number of rotatable bonds is 20. The smallest absolute Gasteiger partial charge is 0.386 e. The largest absolute Gasteiger partial charge is 0.481 e. The Bertz CT molecular complexity index is 1730. The Hall–Kier alpha value is -2.44. The highest BCUT2D eigenvalue weighted by Gasteiger charge is 2.50. The topological polar surface area (TPSA) is 364 Å². The first kappa shape index (κ1) is 44.0. The monoisotopic (exact) mass is 823 g/mol. The second-order valence-corrected chi connectivity index (χ2v) is 17.0. The van der Waals surface area contributed by atoms with Crippen LogP contribution in [0.25, 0.3) is 11.2 Å². The second kappa shape index (κ2) is 18.3. The molecule has 3 rings (SSSR count). The van der Waals surface area contributed by atoms with Gasteiger partial charge in [-0.05, 0) is 0 Å². The third kappa shape index (κ3) is 12.9. The third-order valence-electron chi connectivity index (χ3n) is 7.05. The Morgan fingerprint density at radius 3 is 2.40 bits per heavy atom. The molecule has 2 amide bonds. The average Bonchev–Trinajstić information content (AvgIpc) is 3.60. The summed E-state index contributed by atoms with van der Waals surface area (Å²) in [4.78, 5) is 86.4. The Labute approximate surface area is 299 Å². The van der Waals surface area contributed by atoms with Crippen molar-refractivity contribution >= 4 is 69.1 Å². The maximum Gasteiger partial charge on any atom is 0.481 e. The lowest BCUT2D eigenvalue weighted by atomic mass is 9.87. The van der Waals surface area contributed by atoms with Gasteiger partial charge < -0.3 is 50.9 Å². The SMILES string of the molecule is CCC(=O)SCCNC(=O)CCNC(=O)[C@H](O)C(C)(C)COP(=O)(O)OP(=O)(O)OC[C@H]1O[C@@H](n2cnc3c(N)ncnc32)[C@@H](O)C1OP(=O)(O)O. The van der Waals surface area contributed by atoms with Crippen LogP contribution in [0.2, 0.25) is 0 Å². The summed E-state index contributed by atoms with van der Waals surface area (Å²) in [5, 5.41) is 26.2. The fourth-order valence-electron chi connectivity index (χ4n) is 4.40. The molecule has 1 saturated heterocycles. The third-order valence-corrected chi connectivity index (χ3v) is 11.2. The van der Waals surface area contributed by atoms with E-state index >= 15 is 0 Å². The number of hydrogen-bond donors (Lipinski definition) is 9. The van der Waals surface area contributed by atoms with Crippen LogP contribution in [0.5, 0.6) is 0 Å². The molecule has 28 heteroatoms. The lowest BCUT2D eigenvalue weighted by Gasteiger charge is -2.30. The van der Waals surface area contributed by atoms with Crippen molar-refractivity contribution in [2.75, 3.05) is 37.8 Å². The van der Waals surface area contributed by atoms with Gasteiger partial charge in [0.05, 0.1) is 19.5 Å². The van der Waals surface area contributed by atoms with E-state index < -0.39 is 84.6 Å². The lowest BCUT2D eigenvalue weighted by Crippen LogP contribution is -2.46. The molecule has 24 nitrogen and oxygen atoms in total. The van der Waals surface area contributed by atoms with Crippen LogP contribution in [0, 0.1) is 5.41 Å². The molecule has 52 heavy (non-hydrogen) atoms. The van der Waals surface area contributed by atoms with Gasteiger partial charge in [0.1, 0.15) is 36.3 Å². The average molecular weight is 824 g/mol. The molecular formula is C24H40N7O17P3S. The summed E-state index contributed by atoms with van der Waals surface area (Å²) in [5.41, 5.74) is 4.26. The number of aromatic nitrogens is 4. The van der Waals surface area contributed by atoms with Crippen molar-refractivity contribution < 1.29 is 80.5 Å². The van der Waals surface area contributed by atoms with Crippen LogP contribution in [0.3, 0.4) is 0 Å². The van der Waals surface area contributed by atoms with E-state index in [9.17, 15) is 57.9 Å². The van der Waals surface area contributed by atoms with Crippen molar-refractivity contribution in [2.24, 2.45) is 5.41 Å². The van der Waals surface area contributed by atoms with E-state index in [4.69, 9.17) is 19.5 Å².